The molecular weight excluding hydrogens is 298 g/mol. The molecule has 1 aromatic carbocycles. The summed E-state index contributed by atoms with van der Waals surface area (Å²) in [6.45, 7) is 1.76. The van der Waals surface area contributed by atoms with Crippen LogP contribution in [0.3, 0.4) is 0 Å². The SMILES string of the molecule is O=C(CC1CSCCN1)Nc1ccc(N2CCCC2=O)cc1. The van der Waals surface area contributed by atoms with Gasteiger partial charge in [-0.1, -0.05) is 0 Å². The molecule has 5 nitrogen and oxygen atoms in total. The molecule has 6 heteroatoms. The number of benzene rings is 1. The molecule has 3 rings (SSSR count). The third kappa shape index (κ3) is 3.81. The zero-order valence-corrected chi connectivity index (χ0v) is 13.3. The van der Waals surface area contributed by atoms with Gasteiger partial charge in [0.2, 0.25) is 11.8 Å². The van der Waals surface area contributed by atoms with Gasteiger partial charge in [-0.15, -0.1) is 0 Å². The van der Waals surface area contributed by atoms with Crippen molar-refractivity contribution in [2.45, 2.75) is 25.3 Å². The molecular formula is C16H21N3O2S. The Bertz CT molecular complexity index is 541. The molecule has 0 bridgehead atoms. The van der Waals surface area contributed by atoms with Crippen molar-refractivity contribution in [2.24, 2.45) is 0 Å². The average molecular weight is 319 g/mol. The van der Waals surface area contributed by atoms with Crippen molar-refractivity contribution >= 4 is 35.0 Å². The highest BCUT2D eigenvalue weighted by atomic mass is 32.2. The van der Waals surface area contributed by atoms with Crippen molar-refractivity contribution in [1.82, 2.24) is 5.32 Å². The minimum absolute atomic E-state index is 0.0324. The Morgan fingerprint density at radius 2 is 2.18 bits per heavy atom. The summed E-state index contributed by atoms with van der Waals surface area (Å²) in [7, 11) is 0. The number of hydrogen-bond acceptors (Lipinski definition) is 4. The minimum atomic E-state index is 0.0324. The molecule has 2 heterocycles. The number of anilines is 2. The van der Waals surface area contributed by atoms with Crippen LogP contribution in [0.15, 0.2) is 24.3 Å². The molecule has 0 aromatic heterocycles. The Labute approximate surface area is 134 Å². The van der Waals surface area contributed by atoms with Crippen LogP contribution in [-0.4, -0.2) is 42.5 Å². The first-order chi connectivity index (χ1) is 10.7. The first kappa shape index (κ1) is 15.4. The van der Waals surface area contributed by atoms with Crippen LogP contribution in [0.5, 0.6) is 0 Å². The van der Waals surface area contributed by atoms with E-state index in [1.54, 1.807) is 4.90 Å². The van der Waals surface area contributed by atoms with Crippen LogP contribution in [0.4, 0.5) is 11.4 Å². The topological polar surface area (TPSA) is 61.4 Å². The predicted octanol–water partition coefficient (Wildman–Crippen LogP) is 1.85. The van der Waals surface area contributed by atoms with E-state index in [2.05, 4.69) is 10.6 Å². The average Bonchev–Trinajstić information content (AvgIpc) is 2.95. The molecule has 1 atom stereocenters. The van der Waals surface area contributed by atoms with E-state index in [0.717, 1.165) is 42.4 Å². The highest BCUT2D eigenvalue weighted by Gasteiger charge is 2.21. The van der Waals surface area contributed by atoms with Crippen LogP contribution in [0.2, 0.25) is 0 Å². The van der Waals surface area contributed by atoms with E-state index in [4.69, 9.17) is 0 Å². The molecule has 1 aromatic rings. The molecule has 0 radical (unpaired) electrons. The van der Waals surface area contributed by atoms with Gasteiger partial charge in [0, 0.05) is 54.9 Å². The molecule has 2 amide bonds. The maximum atomic E-state index is 12.0. The minimum Gasteiger partial charge on any atom is -0.326 e. The van der Waals surface area contributed by atoms with E-state index in [1.807, 2.05) is 36.0 Å². The maximum absolute atomic E-state index is 12.0. The predicted molar refractivity (Wildman–Crippen MR) is 90.4 cm³/mol. The number of amides is 2. The summed E-state index contributed by atoms with van der Waals surface area (Å²) in [5, 5.41) is 6.29. The first-order valence-electron chi connectivity index (χ1n) is 7.74. The van der Waals surface area contributed by atoms with Crippen molar-refractivity contribution in [3.05, 3.63) is 24.3 Å². The smallest absolute Gasteiger partial charge is 0.227 e. The summed E-state index contributed by atoms with van der Waals surface area (Å²) in [4.78, 5) is 25.6. The van der Waals surface area contributed by atoms with Gasteiger partial charge in [-0.25, -0.2) is 0 Å². The molecule has 2 aliphatic rings. The number of carbonyl (C=O) groups is 2. The van der Waals surface area contributed by atoms with Crippen molar-refractivity contribution in [1.29, 1.82) is 0 Å². The molecule has 0 saturated carbocycles. The van der Waals surface area contributed by atoms with Crippen LogP contribution in [-0.2, 0) is 9.59 Å². The van der Waals surface area contributed by atoms with Gasteiger partial charge in [0.25, 0.3) is 0 Å². The van der Waals surface area contributed by atoms with Crippen molar-refractivity contribution in [3.8, 4) is 0 Å². The standard InChI is InChI=1S/C16H21N3O2S/c20-15(10-13-11-22-9-7-17-13)18-12-3-5-14(6-4-12)19-8-1-2-16(19)21/h3-6,13,17H,1-2,7-11H2,(H,18,20). The van der Waals surface area contributed by atoms with Crippen LogP contribution in [0.25, 0.3) is 0 Å². The van der Waals surface area contributed by atoms with E-state index in [0.29, 0.717) is 12.8 Å². The normalized spacial score (nSPS) is 21.9. The summed E-state index contributed by atoms with van der Waals surface area (Å²) in [6, 6.07) is 7.78. The fourth-order valence-electron chi connectivity index (χ4n) is 2.83. The lowest BCUT2D eigenvalue weighted by molar-refractivity contribution is -0.117. The van der Waals surface area contributed by atoms with Crippen LogP contribution >= 0.6 is 11.8 Å². The van der Waals surface area contributed by atoms with Gasteiger partial charge in [-0.2, -0.15) is 11.8 Å². The van der Waals surface area contributed by atoms with E-state index in [1.165, 1.54) is 0 Å². The monoisotopic (exact) mass is 319 g/mol. The van der Waals surface area contributed by atoms with Gasteiger partial charge >= 0.3 is 0 Å². The molecule has 2 fully saturated rings. The van der Waals surface area contributed by atoms with Gasteiger partial charge in [-0.05, 0) is 30.7 Å². The fourth-order valence-corrected chi connectivity index (χ4v) is 3.78. The zero-order chi connectivity index (χ0) is 15.4. The van der Waals surface area contributed by atoms with Crippen LogP contribution in [0, 0.1) is 0 Å². The molecule has 118 valence electrons. The Morgan fingerprint density at radius 1 is 1.36 bits per heavy atom. The zero-order valence-electron chi connectivity index (χ0n) is 12.5. The van der Waals surface area contributed by atoms with Gasteiger partial charge in [0.15, 0.2) is 0 Å². The van der Waals surface area contributed by atoms with Crippen LogP contribution < -0.4 is 15.5 Å². The lowest BCUT2D eigenvalue weighted by atomic mass is 10.2. The number of nitrogens with one attached hydrogen (secondary N) is 2. The highest BCUT2D eigenvalue weighted by Crippen LogP contribution is 2.23. The number of carbonyl (C=O) groups excluding carboxylic acids is 2. The Balaban J connectivity index is 1.54. The third-order valence-corrected chi connectivity index (χ3v) is 5.10. The number of nitrogens with zero attached hydrogens (tertiary/aromatic N) is 1. The number of rotatable bonds is 4. The molecule has 22 heavy (non-hydrogen) atoms. The van der Waals surface area contributed by atoms with E-state index in [9.17, 15) is 9.59 Å². The number of thioether (sulfide) groups is 1. The van der Waals surface area contributed by atoms with Crippen molar-refractivity contribution in [2.75, 3.05) is 34.8 Å². The Hall–Kier alpha value is -1.53. The van der Waals surface area contributed by atoms with E-state index >= 15 is 0 Å². The number of hydrogen-bond donors (Lipinski definition) is 2. The summed E-state index contributed by atoms with van der Waals surface area (Å²) in [5.41, 5.74) is 1.69. The molecule has 1 unspecified atom stereocenters. The van der Waals surface area contributed by atoms with Crippen molar-refractivity contribution in [3.63, 3.8) is 0 Å². The molecule has 2 N–H and O–H groups in total. The lowest BCUT2D eigenvalue weighted by Crippen LogP contribution is -2.39. The first-order valence-corrected chi connectivity index (χ1v) is 8.89. The molecule has 0 spiro atoms. The summed E-state index contributed by atoms with van der Waals surface area (Å²) in [6.07, 6.45) is 2.05. The molecule has 2 aliphatic heterocycles. The largest absolute Gasteiger partial charge is 0.326 e. The summed E-state index contributed by atoms with van der Waals surface area (Å²) in [5.74, 6) is 2.32. The second-order valence-corrected chi connectivity index (χ2v) is 6.82. The lowest BCUT2D eigenvalue weighted by Gasteiger charge is -2.22. The Kier molecular flexibility index (Phi) is 5.00. The second kappa shape index (κ2) is 7.15. The van der Waals surface area contributed by atoms with Gasteiger partial charge in [-0.3, -0.25) is 9.59 Å². The summed E-state index contributed by atoms with van der Waals surface area (Å²) >= 11 is 1.89. The van der Waals surface area contributed by atoms with Crippen LogP contribution in [0.1, 0.15) is 19.3 Å². The second-order valence-electron chi connectivity index (χ2n) is 5.67. The van der Waals surface area contributed by atoms with Crippen molar-refractivity contribution < 1.29 is 9.59 Å². The Morgan fingerprint density at radius 3 is 2.82 bits per heavy atom. The summed E-state index contributed by atoms with van der Waals surface area (Å²) < 4.78 is 0. The van der Waals surface area contributed by atoms with Gasteiger partial charge in [0.1, 0.15) is 0 Å². The maximum Gasteiger partial charge on any atom is 0.227 e. The fraction of sp³-hybridized carbons (Fsp3) is 0.500. The van der Waals surface area contributed by atoms with Gasteiger partial charge in [0.05, 0.1) is 0 Å². The quantitative estimate of drug-likeness (QED) is 0.889. The molecule has 2 saturated heterocycles. The van der Waals surface area contributed by atoms with E-state index < -0.39 is 0 Å². The highest BCUT2D eigenvalue weighted by molar-refractivity contribution is 7.99. The van der Waals surface area contributed by atoms with E-state index in [-0.39, 0.29) is 17.9 Å². The molecule has 0 aliphatic carbocycles. The third-order valence-electron chi connectivity index (χ3n) is 3.97. The van der Waals surface area contributed by atoms with Gasteiger partial charge < -0.3 is 15.5 Å².